The lowest BCUT2D eigenvalue weighted by atomic mass is 10.1. The number of carbonyl (C=O) groups excluding carboxylic acids is 1. The predicted octanol–water partition coefficient (Wildman–Crippen LogP) is 3.82. The van der Waals surface area contributed by atoms with E-state index >= 15 is 0 Å². The summed E-state index contributed by atoms with van der Waals surface area (Å²) in [5, 5.41) is 9.43. The number of amides is 1. The van der Waals surface area contributed by atoms with E-state index in [2.05, 4.69) is 0 Å². The summed E-state index contributed by atoms with van der Waals surface area (Å²) in [6.07, 6.45) is 1.73. The summed E-state index contributed by atoms with van der Waals surface area (Å²) < 4.78 is 16.4. The molecule has 2 aromatic rings. The van der Waals surface area contributed by atoms with Gasteiger partial charge in [-0.05, 0) is 48.0 Å². The molecule has 0 aromatic heterocycles. The topological polar surface area (TPSA) is 68.2 Å². The van der Waals surface area contributed by atoms with Crippen molar-refractivity contribution in [1.82, 2.24) is 0 Å². The normalized spacial score (nSPS) is 15.4. The Morgan fingerprint density at radius 2 is 1.63 bits per heavy atom. The number of methoxy groups -OCH3 is 3. The molecule has 1 aliphatic rings. The Morgan fingerprint density at radius 3 is 2.15 bits per heavy atom. The number of ether oxygens (including phenoxy) is 3. The third-order valence-electron chi connectivity index (χ3n) is 3.89. The second-order valence-corrected chi connectivity index (χ2v) is 7.17. The van der Waals surface area contributed by atoms with Gasteiger partial charge in [0.15, 0.2) is 15.8 Å². The minimum atomic E-state index is -0.232. The number of benzene rings is 2. The van der Waals surface area contributed by atoms with Gasteiger partial charge in [0.2, 0.25) is 5.75 Å². The van der Waals surface area contributed by atoms with Crippen LogP contribution >= 0.6 is 24.0 Å². The van der Waals surface area contributed by atoms with Crippen LogP contribution in [0.1, 0.15) is 5.56 Å². The number of nitrogens with zero attached hydrogens (tertiary/aromatic N) is 1. The third-order valence-corrected chi connectivity index (χ3v) is 5.19. The number of anilines is 1. The Hall–Kier alpha value is -2.71. The van der Waals surface area contributed by atoms with Crippen LogP contribution in [-0.2, 0) is 4.79 Å². The van der Waals surface area contributed by atoms with Crippen molar-refractivity contribution < 1.29 is 24.1 Å². The molecule has 140 valence electrons. The van der Waals surface area contributed by atoms with E-state index in [0.29, 0.717) is 32.2 Å². The van der Waals surface area contributed by atoms with Crippen LogP contribution in [0.25, 0.3) is 6.08 Å². The molecule has 3 rings (SSSR count). The van der Waals surface area contributed by atoms with Gasteiger partial charge >= 0.3 is 0 Å². The zero-order valence-electron chi connectivity index (χ0n) is 14.9. The van der Waals surface area contributed by atoms with Gasteiger partial charge in [-0.25, -0.2) is 0 Å². The molecule has 1 fully saturated rings. The standard InChI is InChI=1S/C19H17NO5S2/c1-23-14-8-11(9-15(24-2)17(14)25-3)10-16-18(22)20(19(26)27-16)12-4-6-13(21)7-5-12/h4-10,21H,1-3H3/b16-10-. The van der Waals surface area contributed by atoms with Gasteiger partial charge < -0.3 is 19.3 Å². The SMILES string of the molecule is COc1cc(/C=C2\SC(=S)N(c3ccc(O)cc3)C2=O)cc(OC)c1OC. The van der Waals surface area contributed by atoms with Crippen molar-refractivity contribution >= 4 is 46.0 Å². The molecule has 0 bridgehead atoms. The predicted molar refractivity (Wildman–Crippen MR) is 110 cm³/mol. The number of phenolic OH excluding ortho intramolecular Hbond substituents is 1. The molecule has 0 unspecified atom stereocenters. The van der Waals surface area contributed by atoms with Crippen molar-refractivity contribution in [1.29, 1.82) is 0 Å². The minimum Gasteiger partial charge on any atom is -0.508 e. The highest BCUT2D eigenvalue weighted by Crippen LogP contribution is 2.41. The van der Waals surface area contributed by atoms with Gasteiger partial charge in [0.25, 0.3) is 5.91 Å². The van der Waals surface area contributed by atoms with Crippen molar-refractivity contribution in [2.45, 2.75) is 0 Å². The highest BCUT2D eigenvalue weighted by molar-refractivity contribution is 8.27. The fourth-order valence-electron chi connectivity index (χ4n) is 2.63. The van der Waals surface area contributed by atoms with E-state index in [0.717, 1.165) is 5.56 Å². The molecule has 0 radical (unpaired) electrons. The molecule has 1 N–H and O–H groups in total. The highest BCUT2D eigenvalue weighted by atomic mass is 32.2. The number of hydrogen-bond acceptors (Lipinski definition) is 7. The summed E-state index contributed by atoms with van der Waals surface area (Å²) in [5.74, 6) is 1.37. The maximum atomic E-state index is 12.8. The van der Waals surface area contributed by atoms with Crippen molar-refractivity contribution in [3.05, 3.63) is 46.9 Å². The smallest absolute Gasteiger partial charge is 0.270 e. The first-order chi connectivity index (χ1) is 13.0. The summed E-state index contributed by atoms with van der Waals surface area (Å²) in [5.41, 5.74) is 1.32. The van der Waals surface area contributed by atoms with E-state index in [1.54, 1.807) is 30.3 Å². The zero-order valence-corrected chi connectivity index (χ0v) is 16.5. The largest absolute Gasteiger partial charge is 0.508 e. The molecular weight excluding hydrogens is 386 g/mol. The molecule has 1 aliphatic heterocycles. The van der Waals surface area contributed by atoms with Crippen molar-refractivity contribution in [2.24, 2.45) is 0 Å². The number of aromatic hydroxyl groups is 1. The fraction of sp³-hybridized carbons (Fsp3) is 0.158. The Bertz CT molecular complexity index is 899. The molecule has 6 nitrogen and oxygen atoms in total. The number of hydrogen-bond donors (Lipinski definition) is 1. The average Bonchev–Trinajstić information content (AvgIpc) is 2.95. The van der Waals surface area contributed by atoms with Gasteiger partial charge in [-0.2, -0.15) is 0 Å². The summed E-state index contributed by atoms with van der Waals surface area (Å²) in [7, 11) is 4.60. The van der Waals surface area contributed by atoms with Crippen LogP contribution in [0.3, 0.4) is 0 Å². The highest BCUT2D eigenvalue weighted by Gasteiger charge is 2.33. The molecule has 0 atom stereocenters. The number of thiocarbonyl (C=S) groups is 1. The molecule has 0 saturated carbocycles. The number of thioether (sulfide) groups is 1. The first-order valence-electron chi connectivity index (χ1n) is 7.85. The maximum absolute atomic E-state index is 12.8. The summed E-state index contributed by atoms with van der Waals surface area (Å²) in [6.45, 7) is 0. The Labute approximate surface area is 166 Å². The molecule has 27 heavy (non-hydrogen) atoms. The van der Waals surface area contributed by atoms with Crippen LogP contribution in [0, 0.1) is 0 Å². The van der Waals surface area contributed by atoms with E-state index in [9.17, 15) is 9.90 Å². The molecule has 0 aliphatic carbocycles. The fourth-order valence-corrected chi connectivity index (χ4v) is 3.93. The number of carbonyl (C=O) groups is 1. The minimum absolute atomic E-state index is 0.122. The Balaban J connectivity index is 1.97. The van der Waals surface area contributed by atoms with Gasteiger partial charge in [0.1, 0.15) is 5.75 Å². The van der Waals surface area contributed by atoms with Crippen LogP contribution in [-0.4, -0.2) is 36.7 Å². The maximum Gasteiger partial charge on any atom is 0.270 e. The van der Waals surface area contributed by atoms with E-state index in [1.807, 2.05) is 0 Å². The zero-order chi connectivity index (χ0) is 19.6. The molecular formula is C19H17NO5S2. The molecule has 2 aromatic carbocycles. The Kier molecular flexibility index (Phi) is 5.57. The van der Waals surface area contributed by atoms with E-state index in [-0.39, 0.29) is 11.7 Å². The van der Waals surface area contributed by atoms with Crippen LogP contribution in [0.5, 0.6) is 23.0 Å². The lowest BCUT2D eigenvalue weighted by Gasteiger charge is -2.14. The monoisotopic (exact) mass is 403 g/mol. The number of phenols is 1. The third kappa shape index (κ3) is 3.72. The van der Waals surface area contributed by atoms with E-state index < -0.39 is 0 Å². The van der Waals surface area contributed by atoms with Crippen LogP contribution in [0.2, 0.25) is 0 Å². The lowest BCUT2D eigenvalue weighted by Crippen LogP contribution is -2.27. The molecule has 1 heterocycles. The van der Waals surface area contributed by atoms with Gasteiger partial charge in [-0.3, -0.25) is 9.69 Å². The van der Waals surface area contributed by atoms with Gasteiger partial charge in [0.05, 0.1) is 31.9 Å². The lowest BCUT2D eigenvalue weighted by molar-refractivity contribution is -0.113. The van der Waals surface area contributed by atoms with Crippen LogP contribution in [0.15, 0.2) is 41.3 Å². The second kappa shape index (κ2) is 7.89. The summed E-state index contributed by atoms with van der Waals surface area (Å²) in [4.78, 5) is 14.7. The first kappa shape index (κ1) is 19.1. The van der Waals surface area contributed by atoms with Crippen molar-refractivity contribution in [3.8, 4) is 23.0 Å². The molecule has 0 spiro atoms. The average molecular weight is 403 g/mol. The molecule has 1 saturated heterocycles. The van der Waals surface area contributed by atoms with Gasteiger partial charge in [-0.15, -0.1) is 0 Å². The Morgan fingerprint density at radius 1 is 1.04 bits per heavy atom. The van der Waals surface area contributed by atoms with Gasteiger partial charge in [0, 0.05) is 0 Å². The first-order valence-corrected chi connectivity index (χ1v) is 9.08. The quantitative estimate of drug-likeness (QED) is 0.601. The second-order valence-electron chi connectivity index (χ2n) is 5.49. The van der Waals surface area contributed by atoms with Gasteiger partial charge in [-0.1, -0.05) is 24.0 Å². The molecule has 1 amide bonds. The van der Waals surface area contributed by atoms with Crippen molar-refractivity contribution in [2.75, 3.05) is 26.2 Å². The van der Waals surface area contributed by atoms with Crippen LogP contribution < -0.4 is 19.1 Å². The van der Waals surface area contributed by atoms with E-state index in [1.165, 1.54) is 50.1 Å². The van der Waals surface area contributed by atoms with E-state index in [4.69, 9.17) is 26.4 Å². The summed E-state index contributed by atoms with van der Waals surface area (Å²) in [6, 6.07) is 9.82. The van der Waals surface area contributed by atoms with Crippen molar-refractivity contribution in [3.63, 3.8) is 0 Å². The summed E-state index contributed by atoms with van der Waals surface area (Å²) >= 11 is 6.56. The number of rotatable bonds is 5. The molecule has 8 heteroatoms. The van der Waals surface area contributed by atoms with Crippen LogP contribution in [0.4, 0.5) is 5.69 Å².